The summed E-state index contributed by atoms with van der Waals surface area (Å²) >= 11 is 0. The smallest absolute Gasteiger partial charge is 0.220 e. The molecule has 0 aromatic carbocycles. The fourth-order valence-corrected chi connectivity index (χ4v) is 6.34. The second kappa shape index (κ2) is 36.0. The molecule has 1 saturated heterocycles. The molecule has 1 aliphatic rings. The Bertz CT molecular complexity index is 1080. The second-order valence-corrected chi connectivity index (χ2v) is 14.8. The highest BCUT2D eigenvalue weighted by Crippen LogP contribution is 2.23. The van der Waals surface area contributed by atoms with Gasteiger partial charge in [-0.2, -0.15) is 0 Å². The highest BCUT2D eigenvalue weighted by Gasteiger charge is 2.44. The summed E-state index contributed by atoms with van der Waals surface area (Å²) < 4.78 is 11.2. The third-order valence-corrected chi connectivity index (χ3v) is 9.82. The van der Waals surface area contributed by atoms with E-state index in [-0.39, 0.29) is 12.5 Å². The van der Waals surface area contributed by atoms with E-state index in [9.17, 15) is 30.3 Å². The van der Waals surface area contributed by atoms with Crippen LogP contribution in [0.4, 0.5) is 0 Å². The standard InChI is InChI=1S/C46H79NO8/c1-3-5-7-9-11-12-13-14-15-16-17-18-19-20-21-22-23-24-25-26-27-28-30-32-34-36-42(50)47-39(40(49)35-33-31-29-10-8-6-4-2)38-54-46-45(53)44(52)43(51)41(37-48)55-46/h5,7,11-12,14-15,17-18,20-21,23-24,39-41,43-46,48-49,51-53H,3-4,6,8-10,13,16,19,22,25-38H2,1-2H3,(H,47,50)/b7-5-,12-11-,15-14-,18-17-,21-20-,24-23-. The molecule has 0 bridgehead atoms. The average Bonchev–Trinajstić information content (AvgIpc) is 3.18. The number of ether oxygens (including phenoxy) is 2. The lowest BCUT2D eigenvalue weighted by atomic mass is 9.99. The van der Waals surface area contributed by atoms with Crippen LogP contribution in [0.3, 0.4) is 0 Å². The Morgan fingerprint density at radius 1 is 0.636 bits per heavy atom. The van der Waals surface area contributed by atoms with Crippen molar-refractivity contribution in [2.24, 2.45) is 0 Å². The van der Waals surface area contributed by atoms with Crippen molar-refractivity contribution in [2.45, 2.75) is 198 Å². The maximum absolute atomic E-state index is 12.9. The lowest BCUT2D eigenvalue weighted by Crippen LogP contribution is -2.60. The molecule has 0 aromatic rings. The molecule has 0 aliphatic carbocycles. The number of hydrogen-bond acceptors (Lipinski definition) is 8. The topological polar surface area (TPSA) is 149 Å². The number of unbranched alkanes of at least 4 members (excludes halogenated alkanes) is 12. The number of carbonyl (C=O) groups is 1. The van der Waals surface area contributed by atoms with Crippen molar-refractivity contribution in [2.75, 3.05) is 13.2 Å². The van der Waals surface area contributed by atoms with Crippen LogP contribution in [-0.2, 0) is 14.3 Å². The first kappa shape index (κ1) is 50.6. The molecule has 6 N–H and O–H groups in total. The highest BCUT2D eigenvalue weighted by atomic mass is 16.7. The van der Waals surface area contributed by atoms with E-state index in [1.807, 2.05) is 0 Å². The normalized spacial score (nSPS) is 22.1. The van der Waals surface area contributed by atoms with E-state index in [4.69, 9.17) is 9.47 Å². The van der Waals surface area contributed by atoms with Crippen LogP contribution >= 0.6 is 0 Å². The number of rotatable bonds is 34. The van der Waals surface area contributed by atoms with Gasteiger partial charge in [-0.1, -0.05) is 157 Å². The van der Waals surface area contributed by atoms with Crippen molar-refractivity contribution in [1.82, 2.24) is 5.32 Å². The Hall–Kier alpha value is -2.37. The molecule has 55 heavy (non-hydrogen) atoms. The second-order valence-electron chi connectivity index (χ2n) is 14.8. The molecular formula is C46H79NO8. The molecule has 9 nitrogen and oxygen atoms in total. The van der Waals surface area contributed by atoms with Crippen molar-refractivity contribution in [1.29, 1.82) is 0 Å². The van der Waals surface area contributed by atoms with Gasteiger partial charge in [-0.3, -0.25) is 4.79 Å². The molecule has 1 heterocycles. The van der Waals surface area contributed by atoms with Crippen LogP contribution < -0.4 is 5.32 Å². The zero-order valence-corrected chi connectivity index (χ0v) is 34.4. The van der Waals surface area contributed by atoms with E-state index in [1.165, 1.54) is 32.1 Å². The number of hydrogen-bond donors (Lipinski definition) is 6. The van der Waals surface area contributed by atoms with E-state index < -0.39 is 49.5 Å². The molecule has 0 spiro atoms. The Balaban J connectivity index is 2.25. The Morgan fingerprint density at radius 3 is 1.67 bits per heavy atom. The van der Waals surface area contributed by atoms with Gasteiger partial charge in [0.05, 0.1) is 25.4 Å². The maximum Gasteiger partial charge on any atom is 0.220 e. The van der Waals surface area contributed by atoms with Gasteiger partial charge in [0, 0.05) is 6.42 Å². The number of amides is 1. The zero-order chi connectivity index (χ0) is 40.2. The van der Waals surface area contributed by atoms with E-state index >= 15 is 0 Å². The van der Waals surface area contributed by atoms with Crippen LogP contribution in [0.15, 0.2) is 72.9 Å². The number of aliphatic hydroxyl groups is 5. The van der Waals surface area contributed by atoms with E-state index in [2.05, 4.69) is 92.1 Å². The lowest BCUT2D eigenvalue weighted by Gasteiger charge is -2.40. The summed E-state index contributed by atoms with van der Waals surface area (Å²) in [6.07, 6.45) is 40.7. The van der Waals surface area contributed by atoms with Crippen LogP contribution in [0.5, 0.6) is 0 Å². The van der Waals surface area contributed by atoms with Crippen LogP contribution in [-0.4, -0.2) is 87.5 Å². The molecule has 1 amide bonds. The quantitative estimate of drug-likeness (QED) is 0.0281. The highest BCUT2D eigenvalue weighted by molar-refractivity contribution is 5.76. The third kappa shape index (κ3) is 27.0. The predicted octanol–water partition coefficient (Wildman–Crippen LogP) is 8.61. The first-order chi connectivity index (χ1) is 26.8. The minimum absolute atomic E-state index is 0.150. The summed E-state index contributed by atoms with van der Waals surface area (Å²) in [5, 5.41) is 54.0. The number of aliphatic hydroxyl groups excluding tert-OH is 5. The molecule has 316 valence electrons. The van der Waals surface area contributed by atoms with Crippen molar-refractivity contribution in [3.05, 3.63) is 72.9 Å². The number of carbonyl (C=O) groups excluding carboxylic acids is 1. The lowest BCUT2D eigenvalue weighted by molar-refractivity contribution is -0.302. The van der Waals surface area contributed by atoms with E-state index in [1.54, 1.807) is 0 Å². The van der Waals surface area contributed by atoms with Gasteiger partial charge in [0.2, 0.25) is 5.91 Å². The fraction of sp³-hybridized carbons (Fsp3) is 0.717. The van der Waals surface area contributed by atoms with Crippen molar-refractivity contribution < 1.29 is 39.8 Å². The van der Waals surface area contributed by atoms with Crippen LogP contribution in [0.1, 0.15) is 155 Å². The van der Waals surface area contributed by atoms with Gasteiger partial charge in [-0.15, -0.1) is 0 Å². The molecular weight excluding hydrogens is 695 g/mol. The van der Waals surface area contributed by atoms with Crippen molar-refractivity contribution >= 4 is 5.91 Å². The summed E-state index contributed by atoms with van der Waals surface area (Å²) in [7, 11) is 0. The van der Waals surface area contributed by atoms with Crippen molar-refractivity contribution in [3.63, 3.8) is 0 Å². The van der Waals surface area contributed by atoms with Gasteiger partial charge in [-0.25, -0.2) is 0 Å². The van der Waals surface area contributed by atoms with E-state index in [0.717, 1.165) is 96.3 Å². The Labute approximate surface area is 334 Å². The van der Waals surface area contributed by atoms with Gasteiger partial charge in [0.15, 0.2) is 6.29 Å². The minimum Gasteiger partial charge on any atom is -0.394 e. The van der Waals surface area contributed by atoms with E-state index in [0.29, 0.717) is 12.8 Å². The Kier molecular flexibility index (Phi) is 33.2. The maximum atomic E-state index is 12.9. The zero-order valence-electron chi connectivity index (χ0n) is 34.4. The number of allylic oxidation sites excluding steroid dienone is 12. The van der Waals surface area contributed by atoms with Gasteiger partial charge >= 0.3 is 0 Å². The molecule has 0 radical (unpaired) electrons. The first-order valence-corrected chi connectivity index (χ1v) is 21.6. The van der Waals surface area contributed by atoms with Crippen molar-refractivity contribution in [3.8, 4) is 0 Å². The summed E-state index contributed by atoms with van der Waals surface area (Å²) in [6, 6.07) is -0.728. The summed E-state index contributed by atoms with van der Waals surface area (Å²) in [4.78, 5) is 12.9. The van der Waals surface area contributed by atoms with Crippen LogP contribution in [0.2, 0.25) is 0 Å². The van der Waals surface area contributed by atoms with Crippen LogP contribution in [0.25, 0.3) is 0 Å². The molecule has 0 saturated carbocycles. The van der Waals surface area contributed by atoms with Gasteiger partial charge in [0.25, 0.3) is 0 Å². The largest absolute Gasteiger partial charge is 0.394 e. The first-order valence-electron chi connectivity index (χ1n) is 21.6. The molecule has 7 atom stereocenters. The average molecular weight is 774 g/mol. The predicted molar refractivity (Wildman–Crippen MR) is 225 cm³/mol. The third-order valence-electron chi connectivity index (χ3n) is 9.82. The van der Waals surface area contributed by atoms with Crippen LogP contribution in [0, 0.1) is 0 Å². The molecule has 1 rings (SSSR count). The SMILES string of the molecule is CC/C=C\C/C=C\C/C=C\C/C=C\C/C=C\C/C=C\CCCCCCCCC(=O)NC(COC1OC(CO)C(O)C(O)C1O)C(O)CCCCCCCCC. The molecule has 7 unspecified atom stereocenters. The monoisotopic (exact) mass is 774 g/mol. The fourth-order valence-electron chi connectivity index (χ4n) is 6.34. The molecule has 0 aromatic heterocycles. The van der Waals surface area contributed by atoms with Gasteiger partial charge in [-0.05, 0) is 64.2 Å². The summed E-state index contributed by atoms with van der Waals surface area (Å²) in [5.41, 5.74) is 0. The summed E-state index contributed by atoms with van der Waals surface area (Å²) in [6.45, 7) is 3.63. The molecule has 1 fully saturated rings. The molecule has 9 heteroatoms. The Morgan fingerprint density at radius 2 is 1.13 bits per heavy atom. The molecule has 1 aliphatic heterocycles. The minimum atomic E-state index is -1.56. The number of nitrogens with one attached hydrogen (secondary N) is 1. The van der Waals surface area contributed by atoms with Gasteiger partial charge < -0.3 is 40.3 Å². The van der Waals surface area contributed by atoms with Gasteiger partial charge in [0.1, 0.15) is 24.4 Å². The summed E-state index contributed by atoms with van der Waals surface area (Å²) in [5.74, 6) is -0.168.